The fraction of sp³-hybridized carbons (Fsp3) is 0.250. The monoisotopic (exact) mass is 245 g/mol. The van der Waals surface area contributed by atoms with Gasteiger partial charge in [-0.3, -0.25) is 20.8 Å². The smallest absolute Gasteiger partial charge is 0.137 e. The molecule has 3 N–H and O–H groups in total. The Morgan fingerprint density at radius 2 is 2.17 bits per heavy atom. The number of hydrogen-bond acceptors (Lipinski definition) is 6. The summed E-state index contributed by atoms with van der Waals surface area (Å²) in [5.74, 6) is 6.28. The second kappa shape index (κ2) is 6.04. The molecule has 2 aromatic heterocycles. The summed E-state index contributed by atoms with van der Waals surface area (Å²) in [4.78, 5) is 12.4. The molecule has 0 aromatic carbocycles. The lowest BCUT2D eigenvalue weighted by Crippen LogP contribution is -2.29. The van der Waals surface area contributed by atoms with E-state index in [1.165, 1.54) is 0 Å². The second-order valence-electron chi connectivity index (χ2n) is 3.62. The first-order chi connectivity index (χ1) is 8.85. The van der Waals surface area contributed by atoms with Crippen molar-refractivity contribution in [2.75, 3.05) is 6.61 Å². The first-order valence-electron chi connectivity index (χ1n) is 5.65. The number of nitrogens with two attached hydrogens (primary N) is 1. The van der Waals surface area contributed by atoms with Crippen molar-refractivity contribution in [2.45, 2.75) is 13.0 Å². The van der Waals surface area contributed by atoms with Crippen molar-refractivity contribution in [1.29, 1.82) is 0 Å². The number of hydrazine groups is 1. The molecule has 0 saturated heterocycles. The maximum absolute atomic E-state index is 5.57. The van der Waals surface area contributed by atoms with E-state index in [-0.39, 0.29) is 6.04 Å². The van der Waals surface area contributed by atoms with Crippen molar-refractivity contribution in [1.82, 2.24) is 20.4 Å². The van der Waals surface area contributed by atoms with Gasteiger partial charge in [-0.05, 0) is 18.6 Å². The molecule has 0 saturated carbocycles. The molecule has 18 heavy (non-hydrogen) atoms. The topological polar surface area (TPSA) is 86.0 Å². The Hall–Kier alpha value is -2.05. The van der Waals surface area contributed by atoms with Crippen molar-refractivity contribution < 1.29 is 4.74 Å². The summed E-state index contributed by atoms with van der Waals surface area (Å²) >= 11 is 0. The van der Waals surface area contributed by atoms with Gasteiger partial charge in [0.15, 0.2) is 0 Å². The summed E-state index contributed by atoms with van der Waals surface area (Å²) in [6.07, 6.45) is 8.29. The molecule has 0 bridgehead atoms. The van der Waals surface area contributed by atoms with Crippen LogP contribution in [-0.4, -0.2) is 21.6 Å². The number of nitrogens with one attached hydrogen (secondary N) is 1. The molecule has 0 radical (unpaired) electrons. The second-order valence-corrected chi connectivity index (χ2v) is 3.62. The van der Waals surface area contributed by atoms with Gasteiger partial charge in [-0.25, -0.2) is 5.43 Å². The zero-order chi connectivity index (χ0) is 12.8. The Balaban J connectivity index is 2.30. The van der Waals surface area contributed by atoms with Crippen LogP contribution in [0.5, 0.6) is 5.75 Å². The highest BCUT2D eigenvalue weighted by Gasteiger charge is 2.14. The molecule has 0 spiro atoms. The van der Waals surface area contributed by atoms with Crippen molar-refractivity contribution in [3.63, 3.8) is 0 Å². The summed E-state index contributed by atoms with van der Waals surface area (Å²) in [5.41, 5.74) is 4.32. The van der Waals surface area contributed by atoms with Crippen molar-refractivity contribution in [3.8, 4) is 5.75 Å². The molecule has 0 aliphatic rings. The van der Waals surface area contributed by atoms with E-state index in [4.69, 9.17) is 10.6 Å². The molecule has 6 heteroatoms. The molecule has 0 aliphatic carbocycles. The maximum Gasteiger partial charge on any atom is 0.137 e. The first-order valence-corrected chi connectivity index (χ1v) is 5.65. The van der Waals surface area contributed by atoms with Crippen LogP contribution in [0.25, 0.3) is 0 Å². The molecular formula is C12H15N5O. The summed E-state index contributed by atoms with van der Waals surface area (Å²) in [5, 5.41) is 0. The van der Waals surface area contributed by atoms with E-state index < -0.39 is 0 Å². The lowest BCUT2D eigenvalue weighted by atomic mass is 10.1. The van der Waals surface area contributed by atoms with Crippen LogP contribution in [0.2, 0.25) is 0 Å². The van der Waals surface area contributed by atoms with Crippen LogP contribution < -0.4 is 16.0 Å². The summed E-state index contributed by atoms with van der Waals surface area (Å²) in [7, 11) is 0. The molecule has 0 aliphatic heterocycles. The number of pyridine rings is 1. The van der Waals surface area contributed by atoms with Gasteiger partial charge in [0.05, 0.1) is 30.7 Å². The molecule has 0 amide bonds. The predicted molar refractivity (Wildman–Crippen MR) is 66.6 cm³/mol. The van der Waals surface area contributed by atoms with Gasteiger partial charge in [-0.2, -0.15) is 0 Å². The summed E-state index contributed by atoms with van der Waals surface area (Å²) in [6.45, 7) is 2.52. The molecule has 6 nitrogen and oxygen atoms in total. The van der Waals surface area contributed by atoms with Crippen LogP contribution >= 0.6 is 0 Å². The predicted octanol–water partition coefficient (Wildman–Crippen LogP) is 0.823. The Labute approximate surface area is 105 Å². The molecular weight excluding hydrogens is 230 g/mol. The Kier molecular flexibility index (Phi) is 4.16. The minimum absolute atomic E-state index is 0.258. The minimum Gasteiger partial charge on any atom is -0.492 e. The third kappa shape index (κ3) is 2.79. The molecule has 2 aromatic rings. The molecule has 2 rings (SSSR count). The van der Waals surface area contributed by atoms with Gasteiger partial charge in [0.25, 0.3) is 0 Å². The first kappa shape index (κ1) is 12.4. The number of aromatic nitrogens is 3. The standard InChI is InChI=1S/C12H15N5O/c1-2-18-10-5-9(6-15-7-10)12(17-13)11-8-14-3-4-16-11/h3-8,12,17H,2,13H2,1H3. The van der Waals surface area contributed by atoms with Gasteiger partial charge in [0, 0.05) is 18.6 Å². The van der Waals surface area contributed by atoms with Crippen molar-refractivity contribution >= 4 is 0 Å². The molecule has 0 fully saturated rings. The Morgan fingerprint density at radius 3 is 2.83 bits per heavy atom. The number of rotatable bonds is 5. The van der Waals surface area contributed by atoms with Crippen molar-refractivity contribution in [3.05, 3.63) is 48.3 Å². The van der Waals surface area contributed by atoms with E-state index in [1.54, 1.807) is 31.0 Å². The van der Waals surface area contributed by atoms with Gasteiger partial charge < -0.3 is 4.74 Å². The largest absolute Gasteiger partial charge is 0.492 e. The highest BCUT2D eigenvalue weighted by atomic mass is 16.5. The Bertz CT molecular complexity index is 491. The number of hydrogen-bond donors (Lipinski definition) is 2. The SMILES string of the molecule is CCOc1cncc(C(NN)c2cnccn2)c1. The third-order valence-electron chi connectivity index (χ3n) is 2.42. The van der Waals surface area contributed by atoms with Gasteiger partial charge in [0.1, 0.15) is 5.75 Å². The van der Waals surface area contributed by atoms with Crippen molar-refractivity contribution in [2.24, 2.45) is 5.84 Å². The van der Waals surface area contributed by atoms with Crippen LogP contribution in [0.15, 0.2) is 37.1 Å². The summed E-state index contributed by atoms with van der Waals surface area (Å²) in [6, 6.07) is 1.63. The van der Waals surface area contributed by atoms with Crippen LogP contribution in [0.4, 0.5) is 0 Å². The van der Waals surface area contributed by atoms with E-state index >= 15 is 0 Å². The lowest BCUT2D eigenvalue weighted by molar-refractivity contribution is 0.338. The zero-order valence-corrected chi connectivity index (χ0v) is 10.1. The molecule has 94 valence electrons. The highest BCUT2D eigenvalue weighted by Crippen LogP contribution is 2.21. The van der Waals surface area contributed by atoms with Gasteiger partial charge in [0.2, 0.25) is 0 Å². The minimum atomic E-state index is -0.258. The average molecular weight is 245 g/mol. The van der Waals surface area contributed by atoms with E-state index in [0.717, 1.165) is 11.3 Å². The van der Waals surface area contributed by atoms with Crippen LogP contribution in [0, 0.1) is 0 Å². The van der Waals surface area contributed by atoms with E-state index in [2.05, 4.69) is 20.4 Å². The number of ether oxygens (including phenoxy) is 1. The van der Waals surface area contributed by atoms with E-state index in [0.29, 0.717) is 12.4 Å². The molecule has 1 unspecified atom stereocenters. The van der Waals surface area contributed by atoms with Gasteiger partial charge in [-0.15, -0.1) is 0 Å². The van der Waals surface area contributed by atoms with Crippen LogP contribution in [0.3, 0.4) is 0 Å². The molecule has 2 heterocycles. The fourth-order valence-corrected chi connectivity index (χ4v) is 1.65. The van der Waals surface area contributed by atoms with E-state index in [1.807, 2.05) is 13.0 Å². The highest BCUT2D eigenvalue weighted by molar-refractivity contribution is 5.30. The Morgan fingerprint density at radius 1 is 1.28 bits per heavy atom. The van der Waals surface area contributed by atoms with Crippen LogP contribution in [0.1, 0.15) is 24.2 Å². The lowest BCUT2D eigenvalue weighted by Gasteiger charge is -2.15. The quantitative estimate of drug-likeness (QED) is 0.599. The zero-order valence-electron chi connectivity index (χ0n) is 10.1. The third-order valence-corrected chi connectivity index (χ3v) is 2.42. The summed E-state index contributed by atoms with van der Waals surface area (Å²) < 4.78 is 5.41. The van der Waals surface area contributed by atoms with Crippen LogP contribution in [-0.2, 0) is 0 Å². The van der Waals surface area contributed by atoms with Gasteiger partial charge >= 0.3 is 0 Å². The normalized spacial score (nSPS) is 12.1. The fourth-order valence-electron chi connectivity index (χ4n) is 1.65. The number of nitrogens with zero attached hydrogens (tertiary/aromatic N) is 3. The van der Waals surface area contributed by atoms with E-state index in [9.17, 15) is 0 Å². The molecule has 1 atom stereocenters. The average Bonchev–Trinajstić information content (AvgIpc) is 2.42. The maximum atomic E-state index is 5.57. The van der Waals surface area contributed by atoms with Gasteiger partial charge in [-0.1, -0.05) is 0 Å².